The van der Waals surface area contributed by atoms with E-state index in [0.29, 0.717) is 40.0 Å². The van der Waals surface area contributed by atoms with Crippen LogP contribution in [0.15, 0.2) is 101 Å². The Balaban J connectivity index is 1.33. The summed E-state index contributed by atoms with van der Waals surface area (Å²) in [4.78, 5) is 26.2. The molecule has 1 aromatic heterocycles. The summed E-state index contributed by atoms with van der Waals surface area (Å²) in [7, 11) is -4.20. The van der Waals surface area contributed by atoms with Crippen LogP contribution in [0.1, 0.15) is 59.3 Å². The van der Waals surface area contributed by atoms with Crippen molar-refractivity contribution in [3.63, 3.8) is 0 Å². The number of alkyl halides is 3. The van der Waals surface area contributed by atoms with Crippen molar-refractivity contribution in [3.8, 4) is 11.3 Å². The predicted octanol–water partition coefficient (Wildman–Crippen LogP) is 8.00. The first-order valence-electron chi connectivity index (χ1n) is 15.4. The minimum absolute atomic E-state index is 0.0870. The summed E-state index contributed by atoms with van der Waals surface area (Å²) in [6.07, 6.45) is -4.16. The van der Waals surface area contributed by atoms with Gasteiger partial charge in [-0.15, -0.1) is 0 Å². The number of anilines is 1. The summed E-state index contributed by atoms with van der Waals surface area (Å²) < 4.78 is 76.0. The lowest BCUT2D eigenvalue weighted by atomic mass is 9.84. The Hall–Kier alpha value is -4.94. The molecule has 8 nitrogen and oxygen atoms in total. The number of hydrogen-bond donors (Lipinski definition) is 3. The van der Waals surface area contributed by atoms with Crippen molar-refractivity contribution < 1.29 is 40.1 Å². The minimum atomic E-state index is -4.46. The highest BCUT2D eigenvalue weighted by molar-refractivity contribution is 7.85. The minimum Gasteiger partial charge on any atom is -0.456 e. The highest BCUT2D eigenvalue weighted by Gasteiger charge is 2.31. The second-order valence-electron chi connectivity index (χ2n) is 12.8. The molecule has 0 spiro atoms. The first-order chi connectivity index (χ1) is 23.0. The van der Waals surface area contributed by atoms with Gasteiger partial charge in [0.2, 0.25) is 5.91 Å². The van der Waals surface area contributed by atoms with Gasteiger partial charge in [0.15, 0.2) is 0 Å². The predicted molar refractivity (Wildman–Crippen MR) is 182 cm³/mol. The number of nitrogens with one attached hydrogen (secondary N) is 2. The van der Waals surface area contributed by atoms with Gasteiger partial charge in [-0.05, 0) is 89.2 Å². The zero-order chi connectivity index (χ0) is 35.6. The summed E-state index contributed by atoms with van der Waals surface area (Å²) in [5, 5.41) is 5.74. The molecule has 256 valence electrons. The smallest absolute Gasteiger partial charge is 0.416 e. The summed E-state index contributed by atoms with van der Waals surface area (Å²) in [5.41, 5.74) is 3.58. The molecule has 0 bridgehead atoms. The van der Waals surface area contributed by atoms with Gasteiger partial charge in [-0.1, -0.05) is 57.2 Å². The summed E-state index contributed by atoms with van der Waals surface area (Å²) in [6, 6.07) is 26.1. The van der Waals surface area contributed by atoms with Crippen LogP contribution in [0.3, 0.4) is 0 Å². The van der Waals surface area contributed by atoms with E-state index in [4.69, 9.17) is 8.97 Å². The number of rotatable bonds is 10. The van der Waals surface area contributed by atoms with Crippen molar-refractivity contribution in [2.45, 2.75) is 44.7 Å². The summed E-state index contributed by atoms with van der Waals surface area (Å²) in [6.45, 7) is 6.05. The standard InChI is InChI=1S/C37H35F3N2O6S/c1-36(2,3)28-12-8-24(9-13-28)31(20-23-4-6-26(7-5-23)34(43)41-18-19-49(45,46)47)35(44)42-30-15-10-25(11-16-30)33-22-27-21-29(37(38,39)40)14-17-32(27)48-33/h4-17,21-22,31H,18-20H2,1-3H3,(H,41,43)(H,42,44)(H,45,46,47). The topological polar surface area (TPSA) is 126 Å². The molecular weight excluding hydrogens is 657 g/mol. The first-order valence-corrected chi connectivity index (χ1v) is 17.0. The number of halogens is 3. The molecule has 0 fully saturated rings. The van der Waals surface area contributed by atoms with E-state index >= 15 is 0 Å². The Morgan fingerprint density at radius 2 is 1.47 bits per heavy atom. The van der Waals surface area contributed by atoms with Crippen LogP contribution in [-0.2, 0) is 32.9 Å². The van der Waals surface area contributed by atoms with Gasteiger partial charge in [-0.25, -0.2) is 0 Å². The van der Waals surface area contributed by atoms with Crippen LogP contribution in [-0.4, -0.2) is 37.1 Å². The summed E-state index contributed by atoms with van der Waals surface area (Å²) >= 11 is 0. The maximum Gasteiger partial charge on any atom is 0.416 e. The van der Waals surface area contributed by atoms with E-state index in [1.165, 1.54) is 6.07 Å². The van der Waals surface area contributed by atoms with Crippen LogP contribution in [0.25, 0.3) is 22.3 Å². The van der Waals surface area contributed by atoms with Gasteiger partial charge in [0.1, 0.15) is 11.3 Å². The number of amides is 2. The normalized spacial score (nSPS) is 12.9. The molecule has 49 heavy (non-hydrogen) atoms. The fourth-order valence-electron chi connectivity index (χ4n) is 5.31. The molecule has 1 atom stereocenters. The molecule has 5 aromatic rings. The van der Waals surface area contributed by atoms with E-state index in [9.17, 15) is 31.2 Å². The molecule has 2 amide bonds. The van der Waals surface area contributed by atoms with Gasteiger partial charge in [0, 0.05) is 28.7 Å². The number of benzene rings is 4. The van der Waals surface area contributed by atoms with Gasteiger partial charge < -0.3 is 15.1 Å². The zero-order valence-corrected chi connectivity index (χ0v) is 27.8. The Morgan fingerprint density at radius 1 is 0.837 bits per heavy atom. The van der Waals surface area contributed by atoms with Crippen LogP contribution in [0.5, 0.6) is 0 Å². The quantitative estimate of drug-likeness (QED) is 0.127. The van der Waals surface area contributed by atoms with E-state index in [0.717, 1.165) is 28.8 Å². The van der Waals surface area contributed by atoms with E-state index in [2.05, 4.69) is 31.4 Å². The van der Waals surface area contributed by atoms with Crippen LogP contribution in [0.4, 0.5) is 18.9 Å². The first kappa shape index (κ1) is 35.4. The van der Waals surface area contributed by atoms with Crippen LogP contribution in [0, 0.1) is 0 Å². The van der Waals surface area contributed by atoms with Crippen LogP contribution >= 0.6 is 0 Å². The monoisotopic (exact) mass is 692 g/mol. The average molecular weight is 693 g/mol. The van der Waals surface area contributed by atoms with Gasteiger partial charge >= 0.3 is 6.18 Å². The Labute approximate surface area is 282 Å². The third-order valence-corrected chi connectivity index (χ3v) is 8.80. The fourth-order valence-corrected chi connectivity index (χ4v) is 5.67. The molecule has 0 radical (unpaired) electrons. The molecule has 12 heteroatoms. The maximum absolute atomic E-state index is 13.8. The van der Waals surface area contributed by atoms with Gasteiger partial charge in [-0.2, -0.15) is 21.6 Å². The third kappa shape index (κ3) is 9.15. The largest absolute Gasteiger partial charge is 0.456 e. The Kier molecular flexibility index (Phi) is 10.0. The molecular formula is C37H35F3N2O6S. The molecule has 0 aliphatic rings. The van der Waals surface area contributed by atoms with Crippen molar-refractivity contribution in [2.75, 3.05) is 17.6 Å². The number of hydrogen-bond acceptors (Lipinski definition) is 5. The van der Waals surface area contributed by atoms with Crippen molar-refractivity contribution >= 4 is 38.6 Å². The number of carbonyl (C=O) groups excluding carboxylic acids is 2. The second-order valence-corrected chi connectivity index (χ2v) is 14.4. The van der Waals surface area contributed by atoms with Gasteiger partial charge in [-0.3, -0.25) is 14.1 Å². The molecule has 1 unspecified atom stereocenters. The van der Waals surface area contributed by atoms with E-state index in [1.807, 2.05) is 24.3 Å². The van der Waals surface area contributed by atoms with Gasteiger partial charge in [0.05, 0.1) is 17.2 Å². The third-order valence-electron chi connectivity index (χ3n) is 8.08. The molecule has 4 aromatic carbocycles. The lowest BCUT2D eigenvalue weighted by Crippen LogP contribution is -2.28. The van der Waals surface area contributed by atoms with Crippen LogP contribution in [0.2, 0.25) is 0 Å². The van der Waals surface area contributed by atoms with Gasteiger partial charge in [0.25, 0.3) is 16.0 Å². The van der Waals surface area contributed by atoms with Crippen molar-refractivity contribution in [3.05, 3.63) is 125 Å². The molecule has 3 N–H and O–H groups in total. The fraction of sp³-hybridized carbons (Fsp3) is 0.243. The highest BCUT2D eigenvalue weighted by Crippen LogP contribution is 2.35. The van der Waals surface area contributed by atoms with Crippen molar-refractivity contribution in [1.29, 1.82) is 0 Å². The molecule has 0 aliphatic heterocycles. The van der Waals surface area contributed by atoms with E-state index in [1.54, 1.807) is 54.6 Å². The molecule has 5 rings (SSSR count). The maximum atomic E-state index is 13.8. The number of furan rings is 1. The van der Waals surface area contributed by atoms with E-state index in [-0.39, 0.29) is 17.9 Å². The SMILES string of the molecule is CC(C)(C)c1ccc(C(Cc2ccc(C(=O)NCCS(=O)(=O)O)cc2)C(=O)Nc2ccc(-c3cc4cc(C(F)(F)F)ccc4o3)cc2)cc1. The lowest BCUT2D eigenvalue weighted by Gasteiger charge is -2.22. The Bertz CT molecular complexity index is 2060. The zero-order valence-electron chi connectivity index (χ0n) is 27.0. The lowest BCUT2D eigenvalue weighted by molar-refractivity contribution is -0.137. The van der Waals surface area contributed by atoms with Crippen molar-refractivity contribution in [1.82, 2.24) is 5.32 Å². The molecule has 0 aliphatic carbocycles. The highest BCUT2D eigenvalue weighted by atomic mass is 32.2. The summed E-state index contributed by atoms with van der Waals surface area (Å²) in [5.74, 6) is -1.59. The van der Waals surface area contributed by atoms with Crippen LogP contribution < -0.4 is 10.6 Å². The second kappa shape index (κ2) is 13.9. The Morgan fingerprint density at radius 3 is 2.06 bits per heavy atom. The molecule has 0 saturated carbocycles. The van der Waals surface area contributed by atoms with E-state index < -0.39 is 39.4 Å². The average Bonchev–Trinajstić information content (AvgIpc) is 3.46. The molecule has 0 saturated heterocycles. The number of fused-ring (bicyclic) bond motifs is 1. The van der Waals surface area contributed by atoms with Crippen molar-refractivity contribution in [2.24, 2.45) is 0 Å². The molecule has 1 heterocycles. The number of carbonyl (C=O) groups is 2.